The zero-order valence-electron chi connectivity index (χ0n) is 8.59. The van der Waals surface area contributed by atoms with Gasteiger partial charge in [0, 0.05) is 11.6 Å². The molecular weight excluding hydrogens is 200 g/mol. The molecule has 2 aromatic heterocycles. The van der Waals surface area contributed by atoms with E-state index >= 15 is 0 Å². The van der Waals surface area contributed by atoms with Crippen molar-refractivity contribution in [2.45, 2.75) is 0 Å². The number of pyridine rings is 1. The van der Waals surface area contributed by atoms with Crippen LogP contribution in [0.1, 0.15) is 0 Å². The fourth-order valence-corrected chi connectivity index (χ4v) is 1.77. The zero-order chi connectivity index (χ0) is 11.0. The Labute approximate surface area is 92.6 Å². The maximum atomic E-state index is 9.23. The van der Waals surface area contributed by atoms with Gasteiger partial charge in [-0.15, -0.1) is 0 Å². The Morgan fingerprint density at radius 2 is 1.81 bits per heavy atom. The van der Waals surface area contributed by atoms with Crippen molar-refractivity contribution in [1.82, 2.24) is 4.98 Å². The van der Waals surface area contributed by atoms with Gasteiger partial charge in [0.05, 0.1) is 6.20 Å². The van der Waals surface area contributed by atoms with Crippen molar-refractivity contribution in [3.05, 3.63) is 54.9 Å². The van der Waals surface area contributed by atoms with E-state index in [-0.39, 0.29) is 5.75 Å². The van der Waals surface area contributed by atoms with E-state index in [1.807, 2.05) is 47.1 Å². The van der Waals surface area contributed by atoms with Crippen molar-refractivity contribution in [2.75, 3.05) is 0 Å². The number of aromatic amines is 1. The fourth-order valence-electron chi connectivity index (χ4n) is 1.77. The maximum absolute atomic E-state index is 9.23. The molecular formula is C13H11N2O+. The fraction of sp³-hybridized carbons (Fsp3) is 0. The average molecular weight is 211 g/mol. The van der Waals surface area contributed by atoms with Gasteiger partial charge >= 0.3 is 0 Å². The first-order valence-electron chi connectivity index (χ1n) is 5.11. The van der Waals surface area contributed by atoms with Crippen molar-refractivity contribution in [3.8, 4) is 17.0 Å². The number of benzene rings is 1. The summed E-state index contributed by atoms with van der Waals surface area (Å²) in [5.74, 6) is 0.285. The van der Waals surface area contributed by atoms with Crippen molar-refractivity contribution in [3.63, 3.8) is 0 Å². The predicted molar refractivity (Wildman–Crippen MR) is 61.1 cm³/mol. The van der Waals surface area contributed by atoms with Gasteiger partial charge in [-0.1, -0.05) is 6.07 Å². The molecule has 0 aliphatic heterocycles. The van der Waals surface area contributed by atoms with Gasteiger partial charge in [0.1, 0.15) is 11.9 Å². The minimum atomic E-state index is 0.285. The van der Waals surface area contributed by atoms with Crippen molar-refractivity contribution >= 4 is 5.65 Å². The highest BCUT2D eigenvalue weighted by Crippen LogP contribution is 2.19. The molecule has 1 aromatic carbocycles. The molecule has 0 fully saturated rings. The minimum absolute atomic E-state index is 0.285. The molecule has 0 spiro atoms. The third-order valence-electron chi connectivity index (χ3n) is 2.60. The molecule has 0 unspecified atom stereocenters. The molecule has 16 heavy (non-hydrogen) atoms. The SMILES string of the molecule is Oc1ccc(-c2c[n+]3ccccc3[nH]2)cc1. The molecule has 3 aromatic rings. The molecule has 3 heteroatoms. The van der Waals surface area contributed by atoms with Crippen LogP contribution in [0, 0.1) is 0 Å². The third-order valence-corrected chi connectivity index (χ3v) is 2.60. The quantitative estimate of drug-likeness (QED) is 0.595. The maximum Gasteiger partial charge on any atom is 0.284 e. The van der Waals surface area contributed by atoms with Crippen LogP contribution in [0.2, 0.25) is 0 Å². The number of fused-ring (bicyclic) bond motifs is 1. The number of aromatic hydroxyl groups is 1. The van der Waals surface area contributed by atoms with Gasteiger partial charge in [-0.05, 0) is 30.3 Å². The molecule has 2 N–H and O–H groups in total. The van der Waals surface area contributed by atoms with Crippen molar-refractivity contribution < 1.29 is 9.51 Å². The van der Waals surface area contributed by atoms with Crippen LogP contribution in [-0.2, 0) is 0 Å². The number of phenols is 1. The molecule has 0 aliphatic rings. The first-order valence-corrected chi connectivity index (χ1v) is 5.11. The topological polar surface area (TPSA) is 40.1 Å². The largest absolute Gasteiger partial charge is 0.508 e. The van der Waals surface area contributed by atoms with Crippen LogP contribution in [-0.4, -0.2) is 10.1 Å². The molecule has 0 saturated carbocycles. The van der Waals surface area contributed by atoms with Gasteiger partial charge in [0.25, 0.3) is 5.65 Å². The lowest BCUT2D eigenvalue weighted by Gasteiger charge is -1.93. The van der Waals surface area contributed by atoms with E-state index in [4.69, 9.17) is 0 Å². The Balaban J connectivity index is 2.15. The number of imidazole rings is 1. The van der Waals surface area contributed by atoms with Gasteiger partial charge in [-0.3, -0.25) is 0 Å². The monoisotopic (exact) mass is 211 g/mol. The smallest absolute Gasteiger partial charge is 0.284 e. The molecule has 78 valence electrons. The number of aromatic nitrogens is 2. The Morgan fingerprint density at radius 3 is 2.56 bits per heavy atom. The van der Waals surface area contributed by atoms with Gasteiger partial charge in [-0.2, -0.15) is 0 Å². The van der Waals surface area contributed by atoms with E-state index in [0.29, 0.717) is 0 Å². The van der Waals surface area contributed by atoms with E-state index in [2.05, 4.69) is 4.98 Å². The molecule has 0 atom stereocenters. The molecule has 3 rings (SSSR count). The molecule has 0 amide bonds. The van der Waals surface area contributed by atoms with Gasteiger partial charge in [0.2, 0.25) is 0 Å². The summed E-state index contributed by atoms with van der Waals surface area (Å²) >= 11 is 0. The summed E-state index contributed by atoms with van der Waals surface area (Å²) in [6, 6.07) is 13.1. The number of rotatable bonds is 1. The molecule has 0 aliphatic carbocycles. The minimum Gasteiger partial charge on any atom is -0.508 e. The van der Waals surface area contributed by atoms with Gasteiger partial charge in [-0.25, -0.2) is 9.38 Å². The summed E-state index contributed by atoms with van der Waals surface area (Å²) in [6.45, 7) is 0. The summed E-state index contributed by atoms with van der Waals surface area (Å²) in [5, 5.41) is 9.23. The first kappa shape index (κ1) is 8.97. The summed E-state index contributed by atoms with van der Waals surface area (Å²) in [7, 11) is 0. The van der Waals surface area contributed by atoms with Crippen LogP contribution in [0.25, 0.3) is 16.9 Å². The van der Waals surface area contributed by atoms with Gasteiger partial charge in [0.15, 0.2) is 5.69 Å². The second-order valence-corrected chi connectivity index (χ2v) is 3.71. The number of hydrogen-bond donors (Lipinski definition) is 2. The number of nitrogens with zero attached hydrogens (tertiary/aromatic N) is 1. The second-order valence-electron chi connectivity index (χ2n) is 3.71. The van der Waals surface area contributed by atoms with E-state index in [1.165, 1.54) is 0 Å². The first-order chi connectivity index (χ1) is 7.83. The molecule has 0 saturated heterocycles. The Bertz CT molecular complexity index is 593. The Kier molecular flexibility index (Phi) is 1.90. The molecule has 0 radical (unpaired) electrons. The Morgan fingerprint density at radius 1 is 1.00 bits per heavy atom. The van der Waals surface area contributed by atoms with Crippen molar-refractivity contribution in [1.29, 1.82) is 0 Å². The summed E-state index contributed by atoms with van der Waals surface area (Å²) in [6.07, 6.45) is 4.03. The highest BCUT2D eigenvalue weighted by Gasteiger charge is 2.09. The van der Waals surface area contributed by atoms with E-state index in [0.717, 1.165) is 16.9 Å². The number of H-pyrrole nitrogens is 1. The van der Waals surface area contributed by atoms with Crippen LogP contribution in [0.4, 0.5) is 0 Å². The zero-order valence-corrected chi connectivity index (χ0v) is 8.59. The summed E-state index contributed by atoms with van der Waals surface area (Å²) in [5.41, 5.74) is 3.14. The lowest BCUT2D eigenvalue weighted by molar-refractivity contribution is -0.509. The highest BCUT2D eigenvalue weighted by atomic mass is 16.3. The van der Waals surface area contributed by atoms with Crippen LogP contribution in [0.3, 0.4) is 0 Å². The lowest BCUT2D eigenvalue weighted by atomic mass is 10.2. The van der Waals surface area contributed by atoms with E-state index in [9.17, 15) is 5.11 Å². The lowest BCUT2D eigenvalue weighted by Crippen LogP contribution is -2.15. The predicted octanol–water partition coefficient (Wildman–Crippen LogP) is 2.13. The third kappa shape index (κ3) is 1.42. The van der Waals surface area contributed by atoms with Gasteiger partial charge < -0.3 is 5.11 Å². The number of nitrogens with one attached hydrogen (secondary N) is 1. The van der Waals surface area contributed by atoms with Crippen LogP contribution in [0.15, 0.2) is 54.9 Å². The average Bonchev–Trinajstić information content (AvgIpc) is 2.73. The number of phenolic OH excluding ortho intramolecular Hbond substituents is 1. The molecule has 0 bridgehead atoms. The standard InChI is InChI=1S/C13H10N2O/c16-11-6-4-10(5-7-11)12-9-15-8-2-1-3-13(15)14-12/h1-9,16H/p+1. The highest BCUT2D eigenvalue weighted by molar-refractivity contribution is 5.60. The van der Waals surface area contributed by atoms with E-state index < -0.39 is 0 Å². The summed E-state index contributed by atoms with van der Waals surface area (Å²) < 4.78 is 2.03. The summed E-state index contributed by atoms with van der Waals surface area (Å²) in [4.78, 5) is 3.31. The van der Waals surface area contributed by atoms with Crippen LogP contribution < -0.4 is 4.40 Å². The van der Waals surface area contributed by atoms with E-state index in [1.54, 1.807) is 12.1 Å². The van der Waals surface area contributed by atoms with Crippen LogP contribution in [0.5, 0.6) is 5.75 Å². The van der Waals surface area contributed by atoms with Crippen molar-refractivity contribution in [2.24, 2.45) is 0 Å². The van der Waals surface area contributed by atoms with Crippen LogP contribution >= 0.6 is 0 Å². The molecule has 3 nitrogen and oxygen atoms in total. The normalized spacial score (nSPS) is 10.8. The second kappa shape index (κ2) is 3.38. The molecule has 2 heterocycles. The Hall–Kier alpha value is -2.29. The number of hydrogen-bond acceptors (Lipinski definition) is 1.